The van der Waals surface area contributed by atoms with E-state index < -0.39 is 0 Å². The van der Waals surface area contributed by atoms with Crippen molar-refractivity contribution in [2.24, 2.45) is 0 Å². The number of nitrogens with zero attached hydrogens (tertiary/aromatic N) is 4. The predicted octanol–water partition coefficient (Wildman–Crippen LogP) is 4.79. The van der Waals surface area contributed by atoms with E-state index >= 15 is 0 Å². The predicted molar refractivity (Wildman–Crippen MR) is 142 cm³/mol. The first-order chi connectivity index (χ1) is 17.3. The van der Waals surface area contributed by atoms with Crippen LogP contribution >= 0.6 is 0 Å². The molecule has 0 amide bonds. The first kappa shape index (κ1) is 23.2. The third-order valence-corrected chi connectivity index (χ3v) is 6.69. The number of rotatable bonds is 8. The first-order valence-electron chi connectivity index (χ1n) is 12.5. The summed E-state index contributed by atoms with van der Waals surface area (Å²) in [5.74, 6) is 0. The van der Waals surface area contributed by atoms with Gasteiger partial charge >= 0.3 is 0 Å². The second kappa shape index (κ2) is 11.3. The van der Waals surface area contributed by atoms with Gasteiger partial charge in [0.2, 0.25) is 0 Å². The highest BCUT2D eigenvalue weighted by Crippen LogP contribution is 2.28. The van der Waals surface area contributed by atoms with E-state index in [9.17, 15) is 4.79 Å². The smallest absolute Gasteiger partial charge is 0.267 e. The van der Waals surface area contributed by atoms with Crippen molar-refractivity contribution in [1.29, 1.82) is 0 Å². The fourth-order valence-corrected chi connectivity index (χ4v) is 4.75. The van der Waals surface area contributed by atoms with E-state index in [2.05, 4.69) is 52.3 Å². The van der Waals surface area contributed by atoms with Crippen LogP contribution in [0, 0.1) is 0 Å². The zero-order valence-corrected chi connectivity index (χ0v) is 20.1. The number of piperazine rings is 1. The fourth-order valence-electron chi connectivity index (χ4n) is 4.75. The molecule has 0 atom stereocenters. The Hall–Kier alpha value is -3.54. The van der Waals surface area contributed by atoms with E-state index in [1.165, 1.54) is 5.56 Å². The summed E-state index contributed by atoms with van der Waals surface area (Å²) < 4.78 is 1.64. The van der Waals surface area contributed by atoms with Crippen LogP contribution in [0.5, 0.6) is 0 Å². The van der Waals surface area contributed by atoms with Crippen molar-refractivity contribution in [2.45, 2.75) is 19.5 Å². The topological polar surface area (TPSA) is 41.4 Å². The van der Waals surface area contributed by atoms with E-state index in [-0.39, 0.29) is 5.56 Å². The summed E-state index contributed by atoms with van der Waals surface area (Å²) in [6.07, 6.45) is 0.907. The summed E-state index contributed by atoms with van der Waals surface area (Å²) in [7, 11) is 0. The number of aryl methyl sites for hydroxylation is 1. The largest absolute Gasteiger partial charge is 0.301 e. The van der Waals surface area contributed by atoms with Gasteiger partial charge < -0.3 is 4.90 Å². The lowest BCUT2D eigenvalue weighted by Gasteiger charge is -2.34. The molecule has 5 heteroatoms. The Morgan fingerprint density at radius 2 is 1.23 bits per heavy atom. The highest BCUT2D eigenvalue weighted by Gasteiger charge is 2.17. The van der Waals surface area contributed by atoms with Gasteiger partial charge in [-0.1, -0.05) is 91.0 Å². The summed E-state index contributed by atoms with van der Waals surface area (Å²) in [4.78, 5) is 18.0. The molecule has 0 N–H and O–H groups in total. The molecule has 1 saturated heterocycles. The molecule has 0 saturated carbocycles. The lowest BCUT2D eigenvalue weighted by Crippen LogP contribution is -2.46. The molecule has 0 unspecified atom stereocenters. The van der Waals surface area contributed by atoms with Crippen LogP contribution in [-0.4, -0.2) is 52.3 Å². The van der Waals surface area contributed by atoms with Gasteiger partial charge in [0.25, 0.3) is 5.56 Å². The Bertz CT molecular complexity index is 1260. The van der Waals surface area contributed by atoms with Crippen LogP contribution in [-0.2, 0) is 13.1 Å². The number of hydrogen-bond donors (Lipinski definition) is 0. The highest BCUT2D eigenvalue weighted by molar-refractivity contribution is 5.80. The molecule has 178 valence electrons. The third-order valence-electron chi connectivity index (χ3n) is 6.69. The molecule has 0 spiro atoms. The monoisotopic (exact) mass is 464 g/mol. The van der Waals surface area contributed by atoms with Crippen molar-refractivity contribution in [3.05, 3.63) is 113 Å². The molecule has 1 fully saturated rings. The normalized spacial score (nSPS) is 14.7. The zero-order valence-electron chi connectivity index (χ0n) is 20.1. The zero-order chi connectivity index (χ0) is 23.9. The van der Waals surface area contributed by atoms with Crippen LogP contribution in [0.4, 0.5) is 0 Å². The summed E-state index contributed by atoms with van der Waals surface area (Å²) >= 11 is 0. The van der Waals surface area contributed by atoms with Gasteiger partial charge in [0.05, 0.1) is 5.69 Å². The van der Waals surface area contributed by atoms with Crippen LogP contribution in [0.15, 0.2) is 102 Å². The maximum Gasteiger partial charge on any atom is 0.267 e. The molecule has 1 aliphatic rings. The molecule has 0 radical (unpaired) electrons. The average Bonchev–Trinajstić information content (AvgIpc) is 2.92. The molecule has 1 aliphatic heterocycles. The van der Waals surface area contributed by atoms with Crippen molar-refractivity contribution >= 4 is 0 Å². The molecular weight excluding hydrogens is 432 g/mol. The van der Waals surface area contributed by atoms with Crippen molar-refractivity contribution in [2.75, 3.05) is 32.7 Å². The minimum atomic E-state index is -0.0452. The Balaban J connectivity index is 1.23. The van der Waals surface area contributed by atoms with Gasteiger partial charge in [-0.15, -0.1) is 0 Å². The van der Waals surface area contributed by atoms with Crippen molar-refractivity contribution in [1.82, 2.24) is 19.6 Å². The lowest BCUT2D eigenvalue weighted by atomic mass is 10.0. The van der Waals surface area contributed by atoms with Gasteiger partial charge in [-0.05, 0) is 17.5 Å². The molecule has 0 bridgehead atoms. The minimum Gasteiger partial charge on any atom is -0.301 e. The second-order valence-electron chi connectivity index (χ2n) is 9.16. The second-order valence-corrected chi connectivity index (χ2v) is 9.16. The van der Waals surface area contributed by atoms with E-state index in [0.29, 0.717) is 6.54 Å². The SMILES string of the molecule is O=c1cc(-c2ccccc2)c(-c2ccccc2)nn1CCCN1CCN(Cc2ccccc2)CC1. The molecule has 2 heterocycles. The van der Waals surface area contributed by atoms with Crippen LogP contribution in [0.1, 0.15) is 12.0 Å². The van der Waals surface area contributed by atoms with Gasteiger partial charge in [-0.25, -0.2) is 4.68 Å². The number of benzene rings is 3. The van der Waals surface area contributed by atoms with E-state index in [1.54, 1.807) is 10.7 Å². The Kier molecular flexibility index (Phi) is 7.47. The molecule has 0 aliphatic carbocycles. The van der Waals surface area contributed by atoms with Gasteiger partial charge in [-0.2, -0.15) is 5.10 Å². The minimum absolute atomic E-state index is 0.0452. The molecular formula is C30H32N4O. The lowest BCUT2D eigenvalue weighted by molar-refractivity contribution is 0.124. The van der Waals surface area contributed by atoms with Crippen LogP contribution in [0.25, 0.3) is 22.4 Å². The van der Waals surface area contributed by atoms with Crippen LogP contribution in [0.3, 0.4) is 0 Å². The summed E-state index contributed by atoms with van der Waals surface area (Å²) in [5.41, 5.74) is 5.10. The van der Waals surface area contributed by atoms with E-state index in [1.807, 2.05) is 48.5 Å². The molecule has 3 aromatic carbocycles. The summed E-state index contributed by atoms with van der Waals surface area (Å²) in [5, 5.41) is 4.84. The Labute approximate surface area is 207 Å². The first-order valence-corrected chi connectivity index (χ1v) is 12.5. The maximum atomic E-state index is 13.0. The van der Waals surface area contributed by atoms with Crippen molar-refractivity contribution in [3.63, 3.8) is 0 Å². The average molecular weight is 465 g/mol. The van der Waals surface area contributed by atoms with Crippen LogP contribution in [0.2, 0.25) is 0 Å². The summed E-state index contributed by atoms with van der Waals surface area (Å²) in [6, 6.07) is 32.6. The Morgan fingerprint density at radius 3 is 1.89 bits per heavy atom. The fraction of sp³-hybridized carbons (Fsp3) is 0.267. The molecule has 35 heavy (non-hydrogen) atoms. The molecule has 1 aromatic heterocycles. The van der Waals surface area contributed by atoms with Crippen LogP contribution < -0.4 is 5.56 Å². The van der Waals surface area contributed by atoms with Gasteiger partial charge in [0.15, 0.2) is 0 Å². The summed E-state index contributed by atoms with van der Waals surface area (Å²) in [6.45, 7) is 6.92. The Morgan fingerprint density at radius 1 is 0.657 bits per heavy atom. The molecule has 5 rings (SSSR count). The quantitative estimate of drug-likeness (QED) is 0.376. The molecule has 4 aromatic rings. The van der Waals surface area contributed by atoms with Crippen molar-refractivity contribution < 1.29 is 0 Å². The van der Waals surface area contributed by atoms with E-state index in [4.69, 9.17) is 5.10 Å². The molecule has 5 nitrogen and oxygen atoms in total. The van der Waals surface area contributed by atoms with Gasteiger partial charge in [0, 0.05) is 63.0 Å². The maximum absolute atomic E-state index is 13.0. The third kappa shape index (κ3) is 5.94. The van der Waals surface area contributed by atoms with Gasteiger partial charge in [0.1, 0.15) is 0 Å². The van der Waals surface area contributed by atoms with E-state index in [0.717, 1.165) is 68.1 Å². The highest BCUT2D eigenvalue weighted by atomic mass is 16.1. The number of hydrogen-bond acceptors (Lipinski definition) is 4. The standard InChI is InChI=1S/C30H32N4O/c35-29-23-28(26-13-6-2-7-14-26)30(27-15-8-3-9-16-27)31-34(29)18-10-17-32-19-21-33(22-20-32)24-25-11-4-1-5-12-25/h1-9,11-16,23H,10,17-22,24H2. The number of aromatic nitrogens is 2. The van der Waals surface area contributed by atoms with Gasteiger partial charge in [-0.3, -0.25) is 9.69 Å². The van der Waals surface area contributed by atoms with Crippen molar-refractivity contribution in [3.8, 4) is 22.4 Å².